The first-order valence-electron chi connectivity index (χ1n) is 5.54. The van der Waals surface area contributed by atoms with E-state index in [2.05, 4.69) is 4.98 Å². The van der Waals surface area contributed by atoms with E-state index in [1.807, 2.05) is 4.72 Å². The molecular weight excluding hydrogens is 288 g/mol. The minimum atomic E-state index is -4.10. The van der Waals surface area contributed by atoms with Gasteiger partial charge in [0.15, 0.2) is 0 Å². The molecule has 0 aliphatic carbocycles. The number of hydrogen-bond donors (Lipinski definition) is 2. The molecule has 1 aromatic heterocycles. The average Bonchev–Trinajstić information content (AvgIpc) is 2.41. The topological polar surface area (TPSA) is 85.1 Å². The number of pyridine rings is 1. The Labute approximate surface area is 114 Å². The molecule has 8 heteroatoms. The Kier molecular flexibility index (Phi) is 3.96. The Morgan fingerprint density at radius 2 is 1.95 bits per heavy atom. The van der Waals surface area contributed by atoms with Crippen LogP contribution in [-0.4, -0.2) is 13.4 Å². The number of nitrogens with zero attached hydrogens (tertiary/aromatic N) is 1. The molecule has 1 heterocycles. The van der Waals surface area contributed by atoms with Crippen molar-refractivity contribution >= 4 is 15.7 Å². The zero-order valence-electron chi connectivity index (χ0n) is 10.2. The van der Waals surface area contributed by atoms with Crippen LogP contribution in [0.1, 0.15) is 5.56 Å². The maximum Gasteiger partial charge on any atom is 0.263 e. The van der Waals surface area contributed by atoms with Crippen LogP contribution < -0.4 is 10.5 Å². The number of sulfonamides is 1. The van der Waals surface area contributed by atoms with Crippen LogP contribution >= 0.6 is 0 Å². The van der Waals surface area contributed by atoms with Crippen molar-refractivity contribution in [2.75, 3.05) is 4.72 Å². The van der Waals surface area contributed by atoms with Crippen LogP contribution in [0.25, 0.3) is 0 Å². The van der Waals surface area contributed by atoms with E-state index < -0.39 is 21.7 Å². The van der Waals surface area contributed by atoms with Gasteiger partial charge < -0.3 is 5.73 Å². The predicted octanol–water partition coefficient (Wildman–Crippen LogP) is 1.62. The van der Waals surface area contributed by atoms with Gasteiger partial charge in [0.2, 0.25) is 0 Å². The van der Waals surface area contributed by atoms with E-state index in [4.69, 9.17) is 5.73 Å². The standard InChI is InChI=1S/C12H11F2N3O2S/c13-9-4-10(7-16-6-9)20(18,19)17-12-2-1-8(5-15)3-11(12)14/h1-4,6-7,17H,5,15H2. The molecule has 0 spiro atoms. The van der Waals surface area contributed by atoms with Gasteiger partial charge in [-0.2, -0.15) is 0 Å². The summed E-state index contributed by atoms with van der Waals surface area (Å²) in [4.78, 5) is 3.05. The minimum Gasteiger partial charge on any atom is -0.326 e. The number of aromatic nitrogens is 1. The molecule has 20 heavy (non-hydrogen) atoms. The summed E-state index contributed by atoms with van der Waals surface area (Å²) in [5, 5.41) is 0. The highest BCUT2D eigenvalue weighted by Gasteiger charge is 2.17. The van der Waals surface area contributed by atoms with E-state index in [0.717, 1.165) is 24.5 Å². The Morgan fingerprint density at radius 3 is 2.55 bits per heavy atom. The second kappa shape index (κ2) is 5.51. The molecule has 0 atom stereocenters. The Hall–Kier alpha value is -2.06. The highest BCUT2D eigenvalue weighted by molar-refractivity contribution is 7.92. The summed E-state index contributed by atoms with van der Waals surface area (Å²) < 4.78 is 52.6. The maximum atomic E-state index is 13.7. The number of hydrogen-bond acceptors (Lipinski definition) is 4. The predicted molar refractivity (Wildman–Crippen MR) is 69.3 cm³/mol. The van der Waals surface area contributed by atoms with Gasteiger partial charge in [-0.3, -0.25) is 9.71 Å². The smallest absolute Gasteiger partial charge is 0.263 e. The van der Waals surface area contributed by atoms with Crippen molar-refractivity contribution in [3.8, 4) is 0 Å². The maximum absolute atomic E-state index is 13.7. The molecule has 5 nitrogen and oxygen atoms in total. The summed E-state index contributed by atoms with van der Waals surface area (Å²) in [6.07, 6.45) is 1.84. The number of rotatable bonds is 4. The van der Waals surface area contributed by atoms with Gasteiger partial charge in [0.25, 0.3) is 10.0 Å². The van der Waals surface area contributed by atoms with Crippen LogP contribution in [0.3, 0.4) is 0 Å². The van der Waals surface area contributed by atoms with Gasteiger partial charge in [-0.25, -0.2) is 17.2 Å². The quantitative estimate of drug-likeness (QED) is 0.898. The molecule has 0 saturated carbocycles. The third-order valence-corrected chi connectivity index (χ3v) is 3.84. The number of benzene rings is 1. The highest BCUT2D eigenvalue weighted by atomic mass is 32.2. The minimum absolute atomic E-state index is 0.137. The number of anilines is 1. The van der Waals surface area contributed by atoms with E-state index in [-0.39, 0.29) is 17.1 Å². The lowest BCUT2D eigenvalue weighted by atomic mass is 10.2. The molecule has 106 valence electrons. The van der Waals surface area contributed by atoms with E-state index in [1.165, 1.54) is 12.1 Å². The van der Waals surface area contributed by atoms with Crippen molar-refractivity contribution in [3.63, 3.8) is 0 Å². The van der Waals surface area contributed by atoms with Crippen molar-refractivity contribution in [2.24, 2.45) is 5.73 Å². The van der Waals surface area contributed by atoms with Gasteiger partial charge in [0.1, 0.15) is 16.5 Å². The third-order valence-electron chi connectivity index (χ3n) is 2.50. The molecule has 0 aliphatic heterocycles. The van der Waals surface area contributed by atoms with E-state index in [9.17, 15) is 17.2 Å². The van der Waals surface area contributed by atoms with Gasteiger partial charge in [-0.15, -0.1) is 0 Å². The summed E-state index contributed by atoms with van der Waals surface area (Å²) in [7, 11) is -4.10. The molecule has 0 unspecified atom stereocenters. The van der Waals surface area contributed by atoms with Gasteiger partial charge in [0, 0.05) is 12.7 Å². The molecular formula is C12H11F2N3O2S. The molecule has 0 bridgehead atoms. The molecule has 0 amide bonds. The molecule has 3 N–H and O–H groups in total. The molecule has 2 rings (SSSR count). The molecule has 0 fully saturated rings. The monoisotopic (exact) mass is 299 g/mol. The number of nitrogens with two attached hydrogens (primary N) is 1. The molecule has 0 radical (unpaired) electrons. The first-order valence-corrected chi connectivity index (χ1v) is 7.02. The van der Waals surface area contributed by atoms with Crippen molar-refractivity contribution < 1.29 is 17.2 Å². The van der Waals surface area contributed by atoms with E-state index in [1.54, 1.807) is 0 Å². The van der Waals surface area contributed by atoms with E-state index >= 15 is 0 Å². The molecule has 0 aliphatic rings. The van der Waals surface area contributed by atoms with Crippen molar-refractivity contribution in [1.29, 1.82) is 0 Å². The highest BCUT2D eigenvalue weighted by Crippen LogP contribution is 2.20. The van der Waals surface area contributed by atoms with Crippen LogP contribution in [0.5, 0.6) is 0 Å². The summed E-state index contributed by atoms with van der Waals surface area (Å²) in [5.41, 5.74) is 5.63. The van der Waals surface area contributed by atoms with Crippen molar-refractivity contribution in [1.82, 2.24) is 4.98 Å². The van der Waals surface area contributed by atoms with Crippen LogP contribution in [0, 0.1) is 11.6 Å². The van der Waals surface area contributed by atoms with Crippen LogP contribution in [0.4, 0.5) is 14.5 Å². The van der Waals surface area contributed by atoms with Gasteiger partial charge in [-0.1, -0.05) is 6.07 Å². The molecule has 1 aromatic carbocycles. The Balaban J connectivity index is 2.33. The van der Waals surface area contributed by atoms with Crippen LogP contribution in [-0.2, 0) is 16.6 Å². The SMILES string of the molecule is NCc1ccc(NS(=O)(=O)c2cncc(F)c2)c(F)c1. The zero-order valence-corrected chi connectivity index (χ0v) is 11.0. The lowest BCUT2D eigenvalue weighted by Gasteiger charge is -2.09. The molecule has 0 saturated heterocycles. The van der Waals surface area contributed by atoms with Crippen molar-refractivity contribution in [2.45, 2.75) is 11.4 Å². The fourth-order valence-electron chi connectivity index (χ4n) is 1.51. The second-order valence-corrected chi connectivity index (χ2v) is 5.65. The first-order chi connectivity index (χ1) is 9.42. The normalized spacial score (nSPS) is 11.3. The summed E-state index contributed by atoms with van der Waals surface area (Å²) in [6, 6.07) is 4.66. The third kappa shape index (κ3) is 3.09. The summed E-state index contributed by atoms with van der Waals surface area (Å²) in [5.74, 6) is -1.56. The fraction of sp³-hybridized carbons (Fsp3) is 0.0833. The summed E-state index contributed by atoms with van der Waals surface area (Å²) >= 11 is 0. The summed E-state index contributed by atoms with van der Waals surface area (Å²) in [6.45, 7) is 0.137. The largest absolute Gasteiger partial charge is 0.326 e. The van der Waals surface area contributed by atoms with Crippen LogP contribution in [0.2, 0.25) is 0 Å². The van der Waals surface area contributed by atoms with Gasteiger partial charge >= 0.3 is 0 Å². The average molecular weight is 299 g/mol. The van der Waals surface area contributed by atoms with Gasteiger partial charge in [-0.05, 0) is 23.8 Å². The first kappa shape index (κ1) is 14.4. The Morgan fingerprint density at radius 1 is 1.20 bits per heavy atom. The van der Waals surface area contributed by atoms with Crippen molar-refractivity contribution in [3.05, 3.63) is 53.9 Å². The molecule has 2 aromatic rings. The second-order valence-electron chi connectivity index (χ2n) is 3.96. The zero-order chi connectivity index (χ0) is 14.8. The fourth-order valence-corrected chi connectivity index (χ4v) is 2.55. The Bertz CT molecular complexity index is 735. The number of nitrogens with one attached hydrogen (secondary N) is 1. The van der Waals surface area contributed by atoms with E-state index in [0.29, 0.717) is 5.56 Å². The van der Waals surface area contributed by atoms with Crippen LogP contribution in [0.15, 0.2) is 41.6 Å². The number of halogens is 2. The lowest BCUT2D eigenvalue weighted by Crippen LogP contribution is -2.14. The lowest BCUT2D eigenvalue weighted by molar-refractivity contribution is 0.590. The van der Waals surface area contributed by atoms with Gasteiger partial charge in [0.05, 0.1) is 11.9 Å².